The van der Waals surface area contributed by atoms with Gasteiger partial charge in [0.1, 0.15) is 0 Å². The highest BCUT2D eigenvalue weighted by Gasteiger charge is 2.05. The van der Waals surface area contributed by atoms with Crippen LogP contribution in [0.25, 0.3) is 0 Å². The molecule has 1 aromatic heterocycles. The molecule has 0 aromatic carbocycles. The average molecular weight is 229 g/mol. The van der Waals surface area contributed by atoms with Gasteiger partial charge in [0, 0.05) is 30.0 Å². The molecule has 0 spiro atoms. The van der Waals surface area contributed by atoms with E-state index in [9.17, 15) is 4.79 Å². The lowest BCUT2D eigenvalue weighted by Crippen LogP contribution is -2.18. The molecule has 0 aliphatic heterocycles. The summed E-state index contributed by atoms with van der Waals surface area (Å²) < 4.78 is 5.16. The molecule has 0 fully saturated rings. The van der Waals surface area contributed by atoms with E-state index in [1.54, 1.807) is 11.4 Å². The van der Waals surface area contributed by atoms with Crippen molar-refractivity contribution >= 4 is 17.3 Å². The molecule has 1 aromatic rings. The molecular weight excluding hydrogens is 214 g/mol. The summed E-state index contributed by atoms with van der Waals surface area (Å²) in [5, 5.41) is 13.5. The van der Waals surface area contributed by atoms with Crippen LogP contribution in [0.4, 0.5) is 0 Å². The second kappa shape index (κ2) is 6.55. The third kappa shape index (κ3) is 4.42. The van der Waals surface area contributed by atoms with Gasteiger partial charge in [-0.2, -0.15) is 0 Å². The minimum atomic E-state index is -0.869. The second-order valence-corrected chi connectivity index (χ2v) is 3.98. The van der Waals surface area contributed by atoms with Crippen LogP contribution in [0, 0.1) is 0 Å². The van der Waals surface area contributed by atoms with Gasteiger partial charge in [-0.25, -0.2) is 4.79 Å². The minimum Gasteiger partial charge on any atom is -0.478 e. The molecule has 15 heavy (non-hydrogen) atoms. The number of rotatable bonds is 7. The Morgan fingerprint density at radius 2 is 2.47 bits per heavy atom. The number of aromatic carboxylic acids is 1. The fourth-order valence-corrected chi connectivity index (χ4v) is 1.91. The van der Waals surface area contributed by atoms with Crippen LogP contribution in [-0.2, 0) is 11.3 Å². The highest BCUT2D eigenvalue weighted by molar-refractivity contribution is 7.10. The van der Waals surface area contributed by atoms with Gasteiger partial charge in [-0.1, -0.05) is 0 Å². The molecule has 1 rings (SSSR count). The number of hydrogen-bond acceptors (Lipinski definition) is 4. The Morgan fingerprint density at radius 1 is 1.67 bits per heavy atom. The summed E-state index contributed by atoms with van der Waals surface area (Å²) in [6.45, 7) is 4.86. The van der Waals surface area contributed by atoms with E-state index < -0.39 is 5.97 Å². The summed E-state index contributed by atoms with van der Waals surface area (Å²) in [4.78, 5) is 11.6. The zero-order valence-corrected chi connectivity index (χ0v) is 9.47. The van der Waals surface area contributed by atoms with Crippen molar-refractivity contribution in [3.63, 3.8) is 0 Å². The molecule has 0 unspecified atom stereocenters. The van der Waals surface area contributed by atoms with E-state index in [-0.39, 0.29) is 0 Å². The van der Waals surface area contributed by atoms with Gasteiger partial charge in [0.15, 0.2) is 0 Å². The van der Waals surface area contributed by atoms with Crippen molar-refractivity contribution in [1.82, 2.24) is 5.32 Å². The van der Waals surface area contributed by atoms with Gasteiger partial charge < -0.3 is 15.2 Å². The average Bonchev–Trinajstić information content (AvgIpc) is 2.66. The van der Waals surface area contributed by atoms with Gasteiger partial charge >= 0.3 is 5.97 Å². The Morgan fingerprint density at radius 3 is 3.07 bits per heavy atom. The summed E-state index contributed by atoms with van der Waals surface area (Å²) in [5.74, 6) is -0.869. The Bertz CT molecular complexity index is 311. The predicted molar refractivity (Wildman–Crippen MR) is 59.5 cm³/mol. The highest BCUT2D eigenvalue weighted by atomic mass is 32.1. The largest absolute Gasteiger partial charge is 0.478 e. The predicted octanol–water partition coefficient (Wildman–Crippen LogP) is 1.57. The first-order valence-electron chi connectivity index (χ1n) is 4.83. The number of ether oxygens (including phenoxy) is 1. The van der Waals surface area contributed by atoms with E-state index in [0.717, 1.165) is 18.0 Å². The summed E-state index contributed by atoms with van der Waals surface area (Å²) in [6.07, 6.45) is 0. The van der Waals surface area contributed by atoms with E-state index >= 15 is 0 Å². The van der Waals surface area contributed by atoms with Crippen LogP contribution in [0.2, 0.25) is 0 Å². The van der Waals surface area contributed by atoms with Gasteiger partial charge in [-0.05, 0) is 13.0 Å². The quantitative estimate of drug-likeness (QED) is 0.697. The molecule has 0 atom stereocenters. The highest BCUT2D eigenvalue weighted by Crippen LogP contribution is 2.14. The Kier molecular flexibility index (Phi) is 5.31. The van der Waals surface area contributed by atoms with Crippen molar-refractivity contribution < 1.29 is 14.6 Å². The number of thiophene rings is 1. The molecule has 0 saturated carbocycles. The third-order valence-electron chi connectivity index (χ3n) is 1.83. The number of carbonyl (C=O) groups is 1. The smallest absolute Gasteiger partial charge is 0.336 e. The Hall–Kier alpha value is -0.910. The molecule has 2 N–H and O–H groups in total. The topological polar surface area (TPSA) is 58.6 Å². The summed E-state index contributed by atoms with van der Waals surface area (Å²) in [7, 11) is 0. The van der Waals surface area contributed by atoms with Crippen LogP contribution in [0.3, 0.4) is 0 Å². The van der Waals surface area contributed by atoms with Crippen molar-refractivity contribution in [2.45, 2.75) is 13.5 Å². The SMILES string of the molecule is CCOCCNCc1cc(C(=O)O)cs1. The van der Waals surface area contributed by atoms with Crippen molar-refractivity contribution in [1.29, 1.82) is 0 Å². The van der Waals surface area contributed by atoms with Crippen LogP contribution < -0.4 is 5.32 Å². The zero-order chi connectivity index (χ0) is 11.1. The molecule has 84 valence electrons. The number of nitrogens with one attached hydrogen (secondary N) is 1. The van der Waals surface area contributed by atoms with Gasteiger partial charge in [-0.15, -0.1) is 11.3 Å². The normalized spacial score (nSPS) is 10.5. The molecule has 0 saturated heterocycles. The molecule has 4 nitrogen and oxygen atoms in total. The number of hydrogen-bond donors (Lipinski definition) is 2. The summed E-state index contributed by atoms with van der Waals surface area (Å²) in [6, 6.07) is 1.70. The standard InChI is InChI=1S/C10H15NO3S/c1-2-14-4-3-11-6-9-5-8(7-15-9)10(12)13/h5,7,11H,2-4,6H2,1H3,(H,12,13). The van der Waals surface area contributed by atoms with Crippen LogP contribution >= 0.6 is 11.3 Å². The first-order chi connectivity index (χ1) is 7.24. The maximum atomic E-state index is 10.6. The van der Waals surface area contributed by atoms with E-state index in [1.807, 2.05) is 6.92 Å². The first-order valence-corrected chi connectivity index (χ1v) is 5.71. The summed E-state index contributed by atoms with van der Waals surface area (Å²) in [5.41, 5.74) is 0.363. The van der Waals surface area contributed by atoms with E-state index in [4.69, 9.17) is 9.84 Å². The fourth-order valence-electron chi connectivity index (χ4n) is 1.09. The van der Waals surface area contributed by atoms with Crippen molar-refractivity contribution in [3.05, 3.63) is 21.9 Å². The lowest BCUT2D eigenvalue weighted by molar-refractivity contribution is 0.0697. The van der Waals surface area contributed by atoms with Crippen LogP contribution in [-0.4, -0.2) is 30.8 Å². The van der Waals surface area contributed by atoms with Crippen LogP contribution in [0.1, 0.15) is 22.2 Å². The monoisotopic (exact) mass is 229 g/mol. The maximum Gasteiger partial charge on any atom is 0.336 e. The molecule has 1 heterocycles. The molecular formula is C10H15NO3S. The second-order valence-electron chi connectivity index (χ2n) is 2.98. The fraction of sp³-hybridized carbons (Fsp3) is 0.500. The summed E-state index contributed by atoms with van der Waals surface area (Å²) >= 11 is 1.46. The first kappa shape index (κ1) is 12.2. The molecule has 0 bridgehead atoms. The maximum absolute atomic E-state index is 10.6. The van der Waals surface area contributed by atoms with Gasteiger partial charge in [0.05, 0.1) is 12.2 Å². The minimum absolute atomic E-state index is 0.363. The number of carboxylic acid groups (broad SMARTS) is 1. The molecule has 0 amide bonds. The number of carboxylic acids is 1. The van der Waals surface area contributed by atoms with Crippen molar-refractivity contribution in [2.24, 2.45) is 0 Å². The van der Waals surface area contributed by atoms with E-state index in [0.29, 0.717) is 18.7 Å². The Labute approximate surface area is 92.9 Å². The lowest BCUT2D eigenvalue weighted by Gasteiger charge is -2.02. The van der Waals surface area contributed by atoms with Crippen molar-refractivity contribution in [3.8, 4) is 0 Å². The van der Waals surface area contributed by atoms with Gasteiger partial charge in [0.25, 0.3) is 0 Å². The molecule has 0 aliphatic carbocycles. The van der Waals surface area contributed by atoms with E-state index in [1.165, 1.54) is 11.3 Å². The van der Waals surface area contributed by atoms with Crippen LogP contribution in [0.15, 0.2) is 11.4 Å². The molecule has 0 radical (unpaired) electrons. The Balaban J connectivity index is 2.23. The van der Waals surface area contributed by atoms with Gasteiger partial charge in [-0.3, -0.25) is 0 Å². The zero-order valence-electron chi connectivity index (χ0n) is 8.66. The van der Waals surface area contributed by atoms with Crippen LogP contribution in [0.5, 0.6) is 0 Å². The van der Waals surface area contributed by atoms with E-state index in [2.05, 4.69) is 5.32 Å². The molecule has 5 heteroatoms. The van der Waals surface area contributed by atoms with Gasteiger partial charge in [0.2, 0.25) is 0 Å². The van der Waals surface area contributed by atoms with Crippen molar-refractivity contribution in [2.75, 3.05) is 19.8 Å². The molecule has 0 aliphatic rings. The third-order valence-corrected chi connectivity index (χ3v) is 2.76. The lowest BCUT2D eigenvalue weighted by atomic mass is 10.3.